The second-order valence-corrected chi connectivity index (χ2v) is 10.6. The summed E-state index contributed by atoms with van der Waals surface area (Å²) in [5.41, 5.74) is -1.91. The lowest BCUT2D eigenvalue weighted by Gasteiger charge is -2.42. The molecule has 2 unspecified atom stereocenters. The number of hydrogen-bond acceptors (Lipinski definition) is 5. The van der Waals surface area contributed by atoms with Crippen molar-refractivity contribution in [1.82, 2.24) is 15.2 Å². The Kier molecular flexibility index (Phi) is 7.38. The Hall–Kier alpha value is -2.52. The lowest BCUT2D eigenvalue weighted by molar-refractivity contribution is -0.145. The molecule has 1 aromatic rings. The van der Waals surface area contributed by atoms with Crippen molar-refractivity contribution in [1.29, 1.82) is 0 Å². The van der Waals surface area contributed by atoms with Gasteiger partial charge in [-0.2, -0.15) is 13.2 Å². The van der Waals surface area contributed by atoms with Gasteiger partial charge in [0.15, 0.2) is 0 Å². The van der Waals surface area contributed by atoms with E-state index in [4.69, 9.17) is 4.74 Å². The minimum absolute atomic E-state index is 0.0487. The van der Waals surface area contributed by atoms with E-state index in [1.165, 1.54) is 6.20 Å². The van der Waals surface area contributed by atoms with Gasteiger partial charge in [0.2, 0.25) is 5.91 Å². The minimum atomic E-state index is -4.43. The molecule has 1 saturated heterocycles. The SMILES string of the molecule is CC(C)C1(C(=O)N2CCN(c3cc(C(F)(F)F)ccn3)CC2)CCC(NC(=O)OC(C)(C)C)C1. The van der Waals surface area contributed by atoms with Gasteiger partial charge in [-0.1, -0.05) is 13.8 Å². The zero-order chi connectivity index (χ0) is 25.3. The molecule has 1 aromatic heterocycles. The normalized spacial score (nSPS) is 23.9. The van der Waals surface area contributed by atoms with Gasteiger partial charge in [-0.05, 0) is 58.1 Å². The molecule has 1 aliphatic heterocycles. The molecule has 1 saturated carbocycles. The lowest BCUT2D eigenvalue weighted by atomic mass is 9.74. The van der Waals surface area contributed by atoms with Crippen LogP contribution in [0.25, 0.3) is 0 Å². The van der Waals surface area contributed by atoms with Crippen LogP contribution in [0.3, 0.4) is 0 Å². The third-order valence-electron chi connectivity index (χ3n) is 6.77. The quantitative estimate of drug-likeness (QED) is 0.683. The third kappa shape index (κ3) is 5.93. The standard InChI is InChI=1S/C24H35F3N4O3/c1-16(2)23(8-6-18(15-23)29-21(33)34-22(3,4)5)20(32)31-12-10-30(11-13-31)19-14-17(7-9-28-19)24(25,26)27/h7,9,14,16,18H,6,8,10-13,15H2,1-5H3,(H,29,33). The summed E-state index contributed by atoms with van der Waals surface area (Å²) in [7, 11) is 0. The first-order valence-corrected chi connectivity index (χ1v) is 11.8. The van der Waals surface area contributed by atoms with Gasteiger partial charge in [-0.3, -0.25) is 4.79 Å². The Morgan fingerprint density at radius 3 is 2.38 bits per heavy atom. The van der Waals surface area contributed by atoms with E-state index in [0.29, 0.717) is 45.4 Å². The summed E-state index contributed by atoms with van der Waals surface area (Å²) in [6.45, 7) is 11.1. The van der Waals surface area contributed by atoms with Crippen molar-refractivity contribution in [2.24, 2.45) is 11.3 Å². The summed E-state index contributed by atoms with van der Waals surface area (Å²) in [4.78, 5) is 33.5. The molecule has 2 heterocycles. The molecule has 2 fully saturated rings. The molecule has 2 atom stereocenters. The second-order valence-electron chi connectivity index (χ2n) is 10.6. The van der Waals surface area contributed by atoms with Gasteiger partial charge in [0.05, 0.1) is 11.0 Å². The van der Waals surface area contributed by atoms with E-state index in [0.717, 1.165) is 12.1 Å². The van der Waals surface area contributed by atoms with Gasteiger partial charge in [0.1, 0.15) is 11.4 Å². The number of rotatable bonds is 4. The average molecular weight is 485 g/mol. The first kappa shape index (κ1) is 26.1. The maximum atomic E-state index is 13.7. The molecule has 2 amide bonds. The number of amides is 2. The van der Waals surface area contributed by atoms with E-state index in [9.17, 15) is 22.8 Å². The number of hydrogen-bond donors (Lipinski definition) is 1. The largest absolute Gasteiger partial charge is 0.444 e. The monoisotopic (exact) mass is 484 g/mol. The minimum Gasteiger partial charge on any atom is -0.444 e. The number of pyridine rings is 1. The number of anilines is 1. The van der Waals surface area contributed by atoms with Crippen molar-refractivity contribution in [3.63, 3.8) is 0 Å². The maximum Gasteiger partial charge on any atom is 0.416 e. The lowest BCUT2D eigenvalue weighted by Crippen LogP contribution is -2.54. The van der Waals surface area contributed by atoms with Gasteiger partial charge in [0, 0.05) is 38.4 Å². The molecule has 10 heteroatoms. The molecule has 190 valence electrons. The van der Waals surface area contributed by atoms with Crippen LogP contribution in [0.2, 0.25) is 0 Å². The van der Waals surface area contributed by atoms with Crippen LogP contribution in [0, 0.1) is 11.3 Å². The van der Waals surface area contributed by atoms with Crippen LogP contribution in [0.1, 0.15) is 59.4 Å². The molecule has 0 bridgehead atoms. The highest BCUT2D eigenvalue weighted by molar-refractivity contribution is 5.84. The smallest absolute Gasteiger partial charge is 0.416 e. The van der Waals surface area contributed by atoms with E-state index >= 15 is 0 Å². The van der Waals surface area contributed by atoms with Gasteiger partial charge < -0.3 is 19.9 Å². The zero-order valence-corrected chi connectivity index (χ0v) is 20.5. The Bertz CT molecular complexity index is 892. The van der Waals surface area contributed by atoms with Crippen LogP contribution < -0.4 is 10.2 Å². The van der Waals surface area contributed by atoms with E-state index in [1.54, 1.807) is 30.6 Å². The first-order valence-electron chi connectivity index (χ1n) is 11.8. The number of ether oxygens (including phenoxy) is 1. The van der Waals surface area contributed by atoms with Gasteiger partial charge in [0.25, 0.3) is 0 Å². The Labute approximate surface area is 199 Å². The van der Waals surface area contributed by atoms with Crippen LogP contribution in [0.4, 0.5) is 23.8 Å². The van der Waals surface area contributed by atoms with Gasteiger partial charge in [-0.25, -0.2) is 9.78 Å². The Morgan fingerprint density at radius 2 is 1.82 bits per heavy atom. The average Bonchev–Trinajstić information content (AvgIpc) is 3.16. The van der Waals surface area contributed by atoms with E-state index in [2.05, 4.69) is 10.3 Å². The van der Waals surface area contributed by atoms with Crippen LogP contribution in [0.5, 0.6) is 0 Å². The number of nitrogens with zero attached hydrogens (tertiary/aromatic N) is 3. The molecule has 0 spiro atoms. The predicted molar refractivity (Wildman–Crippen MR) is 122 cm³/mol. The van der Waals surface area contributed by atoms with E-state index in [1.807, 2.05) is 13.8 Å². The number of carbonyl (C=O) groups excluding carboxylic acids is 2. The highest BCUT2D eigenvalue weighted by atomic mass is 19.4. The summed E-state index contributed by atoms with van der Waals surface area (Å²) in [6, 6.07) is 1.87. The fraction of sp³-hybridized carbons (Fsp3) is 0.708. The van der Waals surface area contributed by atoms with Crippen LogP contribution in [-0.4, -0.2) is 59.7 Å². The van der Waals surface area contributed by atoms with Crippen molar-refractivity contribution in [3.05, 3.63) is 23.9 Å². The summed E-state index contributed by atoms with van der Waals surface area (Å²) < 4.78 is 44.5. The summed E-state index contributed by atoms with van der Waals surface area (Å²) in [5, 5.41) is 2.91. The molecular weight excluding hydrogens is 449 g/mol. The molecule has 7 nitrogen and oxygen atoms in total. The summed E-state index contributed by atoms with van der Waals surface area (Å²) in [5.74, 6) is 0.393. The topological polar surface area (TPSA) is 74.8 Å². The number of nitrogens with one attached hydrogen (secondary N) is 1. The molecule has 34 heavy (non-hydrogen) atoms. The molecule has 1 N–H and O–H groups in total. The van der Waals surface area contributed by atoms with Crippen molar-refractivity contribution in [2.45, 2.75) is 71.7 Å². The fourth-order valence-electron chi connectivity index (χ4n) is 4.86. The number of alkyl carbamates (subject to hydrolysis) is 1. The van der Waals surface area contributed by atoms with Crippen molar-refractivity contribution in [2.75, 3.05) is 31.1 Å². The van der Waals surface area contributed by atoms with Crippen molar-refractivity contribution < 1.29 is 27.5 Å². The molecule has 0 aromatic carbocycles. The number of piperazine rings is 1. The Balaban J connectivity index is 1.63. The Morgan fingerprint density at radius 1 is 1.18 bits per heavy atom. The maximum absolute atomic E-state index is 13.7. The van der Waals surface area contributed by atoms with Crippen LogP contribution >= 0.6 is 0 Å². The van der Waals surface area contributed by atoms with Gasteiger partial charge in [-0.15, -0.1) is 0 Å². The predicted octanol–water partition coefficient (Wildman–Crippen LogP) is 4.47. The van der Waals surface area contributed by atoms with Crippen molar-refractivity contribution >= 4 is 17.8 Å². The molecule has 2 aliphatic rings. The molecule has 1 aliphatic carbocycles. The summed E-state index contributed by atoms with van der Waals surface area (Å²) in [6.07, 6.45) is -1.84. The first-order chi connectivity index (χ1) is 15.7. The number of aromatic nitrogens is 1. The molecule has 0 radical (unpaired) electrons. The number of halogens is 3. The van der Waals surface area contributed by atoms with Crippen LogP contribution in [0.15, 0.2) is 18.3 Å². The zero-order valence-electron chi connectivity index (χ0n) is 20.5. The molecular formula is C24H35F3N4O3. The van der Waals surface area contributed by atoms with E-state index in [-0.39, 0.29) is 23.7 Å². The van der Waals surface area contributed by atoms with Crippen LogP contribution in [-0.2, 0) is 15.7 Å². The highest BCUT2D eigenvalue weighted by Gasteiger charge is 2.50. The van der Waals surface area contributed by atoms with Crippen molar-refractivity contribution in [3.8, 4) is 0 Å². The number of alkyl halides is 3. The van der Waals surface area contributed by atoms with E-state index < -0.39 is 28.8 Å². The molecule has 3 rings (SSSR count). The number of carbonyl (C=O) groups is 2. The third-order valence-corrected chi connectivity index (χ3v) is 6.77. The highest BCUT2D eigenvalue weighted by Crippen LogP contribution is 2.46. The second kappa shape index (κ2) is 9.62. The summed E-state index contributed by atoms with van der Waals surface area (Å²) >= 11 is 0. The fourth-order valence-corrected chi connectivity index (χ4v) is 4.86. The van der Waals surface area contributed by atoms with Gasteiger partial charge >= 0.3 is 12.3 Å².